The highest BCUT2D eigenvalue weighted by Crippen LogP contribution is 2.19. The molecule has 0 aromatic rings. The second kappa shape index (κ2) is 4.94. The summed E-state index contributed by atoms with van der Waals surface area (Å²) in [6.07, 6.45) is 3.61. The molecule has 0 unspecified atom stereocenters. The van der Waals surface area contributed by atoms with Crippen molar-refractivity contribution in [2.45, 2.75) is 31.7 Å². The third-order valence-electron chi connectivity index (χ3n) is 3.38. The molecule has 0 radical (unpaired) electrons. The Morgan fingerprint density at radius 1 is 1.33 bits per heavy atom. The van der Waals surface area contributed by atoms with Gasteiger partial charge in [0.1, 0.15) is 0 Å². The first kappa shape index (κ1) is 10.9. The number of nitrogens with zero attached hydrogens (tertiary/aromatic N) is 1. The molecule has 86 valence electrons. The number of piperidine rings is 1. The first-order valence-corrected chi connectivity index (χ1v) is 5.87. The van der Waals surface area contributed by atoms with E-state index in [9.17, 15) is 4.79 Å². The molecule has 2 heterocycles. The van der Waals surface area contributed by atoms with Gasteiger partial charge >= 0.3 is 0 Å². The summed E-state index contributed by atoms with van der Waals surface area (Å²) in [4.78, 5) is 13.9. The van der Waals surface area contributed by atoms with Gasteiger partial charge in [0.2, 0.25) is 5.91 Å². The van der Waals surface area contributed by atoms with Gasteiger partial charge in [0, 0.05) is 38.8 Å². The van der Waals surface area contributed by atoms with Crippen LogP contribution in [0.1, 0.15) is 25.7 Å². The van der Waals surface area contributed by atoms with Gasteiger partial charge in [-0.1, -0.05) is 0 Å². The van der Waals surface area contributed by atoms with E-state index in [4.69, 9.17) is 10.5 Å². The monoisotopic (exact) mass is 212 g/mol. The minimum Gasteiger partial charge on any atom is -0.381 e. The predicted molar refractivity (Wildman–Crippen MR) is 57.3 cm³/mol. The van der Waals surface area contributed by atoms with E-state index in [2.05, 4.69) is 0 Å². The van der Waals surface area contributed by atoms with Gasteiger partial charge in [-0.2, -0.15) is 0 Å². The second-order valence-electron chi connectivity index (χ2n) is 4.65. The van der Waals surface area contributed by atoms with Crippen LogP contribution in [0.25, 0.3) is 0 Å². The number of likely N-dealkylation sites (tertiary alicyclic amines) is 1. The van der Waals surface area contributed by atoms with Crippen LogP contribution in [-0.4, -0.2) is 43.2 Å². The minimum absolute atomic E-state index is 0.289. The highest BCUT2D eigenvalue weighted by atomic mass is 16.5. The maximum atomic E-state index is 11.9. The van der Waals surface area contributed by atoms with Crippen molar-refractivity contribution >= 4 is 5.91 Å². The maximum absolute atomic E-state index is 11.9. The summed E-state index contributed by atoms with van der Waals surface area (Å²) in [7, 11) is 0. The molecule has 1 atom stereocenters. The highest BCUT2D eigenvalue weighted by molar-refractivity contribution is 5.76. The van der Waals surface area contributed by atoms with Gasteiger partial charge in [0.25, 0.3) is 0 Å². The number of ether oxygens (including phenoxy) is 1. The molecule has 15 heavy (non-hydrogen) atoms. The molecular formula is C11H20N2O2. The van der Waals surface area contributed by atoms with Crippen molar-refractivity contribution in [3.63, 3.8) is 0 Å². The van der Waals surface area contributed by atoms with Crippen LogP contribution >= 0.6 is 0 Å². The van der Waals surface area contributed by atoms with Gasteiger partial charge < -0.3 is 15.4 Å². The van der Waals surface area contributed by atoms with E-state index in [1.54, 1.807) is 0 Å². The third kappa shape index (κ3) is 2.92. The average molecular weight is 212 g/mol. The van der Waals surface area contributed by atoms with Gasteiger partial charge in [-0.05, 0) is 25.2 Å². The van der Waals surface area contributed by atoms with E-state index < -0.39 is 0 Å². The van der Waals surface area contributed by atoms with Crippen molar-refractivity contribution < 1.29 is 9.53 Å². The van der Waals surface area contributed by atoms with E-state index in [0.29, 0.717) is 18.4 Å². The lowest BCUT2D eigenvalue weighted by molar-refractivity contribution is -0.133. The zero-order valence-electron chi connectivity index (χ0n) is 9.15. The molecule has 2 saturated heterocycles. The summed E-state index contributed by atoms with van der Waals surface area (Å²) >= 11 is 0. The summed E-state index contributed by atoms with van der Waals surface area (Å²) in [6.45, 7) is 3.27. The molecule has 0 aromatic carbocycles. The van der Waals surface area contributed by atoms with Crippen molar-refractivity contribution in [2.24, 2.45) is 11.7 Å². The Morgan fingerprint density at radius 3 is 2.67 bits per heavy atom. The lowest BCUT2D eigenvalue weighted by Gasteiger charge is -2.30. The number of carbonyl (C=O) groups excluding carboxylic acids is 1. The third-order valence-corrected chi connectivity index (χ3v) is 3.38. The number of amides is 1. The van der Waals surface area contributed by atoms with E-state index in [0.717, 1.165) is 45.6 Å². The van der Waals surface area contributed by atoms with Crippen LogP contribution in [0, 0.1) is 5.92 Å². The standard InChI is InChI=1S/C11H20N2O2/c12-10-1-4-13(5-2-10)11(14)7-9-3-6-15-8-9/h9-10H,1-8,12H2/t9-/m1/s1. The summed E-state index contributed by atoms with van der Waals surface area (Å²) < 4.78 is 5.27. The van der Waals surface area contributed by atoms with Gasteiger partial charge in [-0.25, -0.2) is 0 Å². The SMILES string of the molecule is NC1CCN(C(=O)C[C@H]2CCOC2)CC1. The summed E-state index contributed by atoms with van der Waals surface area (Å²) in [5, 5.41) is 0. The van der Waals surface area contributed by atoms with Crippen molar-refractivity contribution in [3.8, 4) is 0 Å². The number of hydrogen-bond acceptors (Lipinski definition) is 3. The fraction of sp³-hybridized carbons (Fsp3) is 0.909. The minimum atomic E-state index is 0.289. The van der Waals surface area contributed by atoms with Crippen LogP contribution in [0.5, 0.6) is 0 Å². The molecule has 2 N–H and O–H groups in total. The molecule has 1 amide bonds. The first-order valence-electron chi connectivity index (χ1n) is 5.87. The molecule has 4 heteroatoms. The second-order valence-corrected chi connectivity index (χ2v) is 4.65. The van der Waals surface area contributed by atoms with Gasteiger partial charge in [0.05, 0.1) is 0 Å². The molecule has 0 aromatic heterocycles. The number of carbonyl (C=O) groups is 1. The van der Waals surface area contributed by atoms with Crippen molar-refractivity contribution in [1.29, 1.82) is 0 Å². The topological polar surface area (TPSA) is 55.6 Å². The van der Waals surface area contributed by atoms with Crippen molar-refractivity contribution in [1.82, 2.24) is 4.90 Å². The molecule has 2 fully saturated rings. The van der Waals surface area contributed by atoms with Crippen LogP contribution in [0.2, 0.25) is 0 Å². The van der Waals surface area contributed by atoms with Crippen molar-refractivity contribution in [2.75, 3.05) is 26.3 Å². The summed E-state index contributed by atoms with van der Waals surface area (Å²) in [5.74, 6) is 0.741. The number of rotatable bonds is 2. The molecule has 0 aliphatic carbocycles. The lowest BCUT2D eigenvalue weighted by Crippen LogP contribution is -2.43. The van der Waals surface area contributed by atoms with Crippen LogP contribution < -0.4 is 5.73 Å². The molecule has 2 aliphatic heterocycles. The number of hydrogen-bond donors (Lipinski definition) is 1. The maximum Gasteiger partial charge on any atom is 0.222 e. The quantitative estimate of drug-likeness (QED) is 0.719. The molecule has 2 aliphatic rings. The van der Waals surface area contributed by atoms with Gasteiger partial charge in [-0.15, -0.1) is 0 Å². The molecular weight excluding hydrogens is 192 g/mol. The molecule has 0 spiro atoms. The highest BCUT2D eigenvalue weighted by Gasteiger charge is 2.25. The fourth-order valence-electron chi connectivity index (χ4n) is 2.27. The summed E-state index contributed by atoms with van der Waals surface area (Å²) in [6, 6.07) is 0.295. The first-order chi connectivity index (χ1) is 7.25. The van der Waals surface area contributed by atoms with Gasteiger partial charge in [0.15, 0.2) is 0 Å². The number of nitrogens with two attached hydrogens (primary N) is 1. The Labute approximate surface area is 90.8 Å². The lowest BCUT2D eigenvalue weighted by atomic mass is 10.0. The van der Waals surface area contributed by atoms with Crippen LogP contribution in [-0.2, 0) is 9.53 Å². The van der Waals surface area contributed by atoms with E-state index in [1.165, 1.54) is 0 Å². The predicted octanol–water partition coefficient (Wildman–Crippen LogP) is 0.363. The Balaban J connectivity index is 1.75. The Morgan fingerprint density at radius 2 is 2.07 bits per heavy atom. The van der Waals surface area contributed by atoms with Crippen LogP contribution in [0.15, 0.2) is 0 Å². The molecule has 2 rings (SSSR count). The van der Waals surface area contributed by atoms with Crippen LogP contribution in [0.3, 0.4) is 0 Å². The van der Waals surface area contributed by atoms with Gasteiger partial charge in [-0.3, -0.25) is 4.79 Å². The molecule has 4 nitrogen and oxygen atoms in total. The zero-order chi connectivity index (χ0) is 10.7. The van der Waals surface area contributed by atoms with Crippen LogP contribution in [0.4, 0.5) is 0 Å². The Hall–Kier alpha value is -0.610. The van der Waals surface area contributed by atoms with Crippen molar-refractivity contribution in [3.05, 3.63) is 0 Å². The summed E-state index contributed by atoms with van der Waals surface area (Å²) in [5.41, 5.74) is 5.80. The Bertz CT molecular complexity index is 219. The smallest absolute Gasteiger partial charge is 0.222 e. The normalized spacial score (nSPS) is 28.3. The van der Waals surface area contributed by atoms with E-state index in [-0.39, 0.29) is 5.91 Å². The largest absolute Gasteiger partial charge is 0.381 e. The van der Waals surface area contributed by atoms with E-state index >= 15 is 0 Å². The fourth-order valence-corrected chi connectivity index (χ4v) is 2.27. The van der Waals surface area contributed by atoms with E-state index in [1.807, 2.05) is 4.90 Å². The average Bonchev–Trinajstić information content (AvgIpc) is 2.71. The Kier molecular flexibility index (Phi) is 3.59. The zero-order valence-corrected chi connectivity index (χ0v) is 9.15. The molecule has 0 saturated carbocycles. The molecule has 0 bridgehead atoms.